The predicted octanol–water partition coefficient (Wildman–Crippen LogP) is 14.7. The number of anilines is 3. The molecule has 0 saturated heterocycles. The van der Waals surface area contributed by atoms with Gasteiger partial charge in [-0.05, 0) is 91.2 Å². The van der Waals surface area contributed by atoms with Crippen LogP contribution in [0.2, 0.25) is 0 Å². The third-order valence-electron chi connectivity index (χ3n) is 12.0. The van der Waals surface area contributed by atoms with Crippen LogP contribution in [0, 0.1) is 0 Å². The Balaban J connectivity index is 1.22. The number of fused-ring (bicyclic) bond motifs is 15. The first-order valence-corrected chi connectivity index (χ1v) is 19.8. The Labute approximate surface area is 324 Å². The zero-order chi connectivity index (χ0) is 36.1. The van der Waals surface area contributed by atoms with Crippen molar-refractivity contribution in [3.63, 3.8) is 0 Å². The molecule has 0 bridgehead atoms. The van der Waals surface area contributed by atoms with Crippen LogP contribution in [0.15, 0.2) is 200 Å². The molecule has 1 aromatic heterocycles. The molecule has 2 aliphatic rings. The SMILES string of the molecule is c1ccc(-c2cccc(N(c3cccc4c3-c3ccccc3C43c4ccccc4-c4ccccc43)c3cc4ccccc4c4c3sc3ccccc34)c2)cc1. The Morgan fingerprint density at radius 2 is 0.982 bits per heavy atom. The van der Waals surface area contributed by atoms with Gasteiger partial charge < -0.3 is 4.90 Å². The lowest BCUT2D eigenvalue weighted by molar-refractivity contribution is 0.794. The molecule has 0 radical (unpaired) electrons. The molecule has 0 amide bonds. The molecule has 1 nitrogen and oxygen atoms in total. The zero-order valence-electron chi connectivity index (χ0n) is 29.9. The van der Waals surface area contributed by atoms with Gasteiger partial charge in [0.15, 0.2) is 0 Å². The molecule has 1 spiro atoms. The Morgan fingerprint density at radius 3 is 1.76 bits per heavy atom. The molecule has 0 N–H and O–H groups in total. The highest BCUT2D eigenvalue weighted by Crippen LogP contribution is 2.65. The van der Waals surface area contributed by atoms with Crippen LogP contribution in [0.3, 0.4) is 0 Å². The van der Waals surface area contributed by atoms with Crippen LogP contribution in [-0.4, -0.2) is 0 Å². The quantitative estimate of drug-likeness (QED) is 0.175. The first-order chi connectivity index (χ1) is 27.3. The van der Waals surface area contributed by atoms with E-state index in [2.05, 4.69) is 205 Å². The molecule has 0 saturated carbocycles. The molecule has 1 heterocycles. The summed E-state index contributed by atoms with van der Waals surface area (Å²) in [6.45, 7) is 0. The van der Waals surface area contributed by atoms with Crippen molar-refractivity contribution in [1.82, 2.24) is 0 Å². The molecule has 0 fully saturated rings. The van der Waals surface area contributed by atoms with E-state index in [4.69, 9.17) is 0 Å². The van der Waals surface area contributed by atoms with Crippen LogP contribution in [0.25, 0.3) is 64.3 Å². The number of nitrogens with zero attached hydrogens (tertiary/aromatic N) is 1. The molecule has 256 valence electrons. The average Bonchev–Trinajstić information content (AvgIpc) is 3.90. The molecule has 2 aliphatic carbocycles. The van der Waals surface area contributed by atoms with Crippen molar-refractivity contribution >= 4 is 59.3 Å². The summed E-state index contributed by atoms with van der Waals surface area (Å²) in [5, 5.41) is 5.15. The summed E-state index contributed by atoms with van der Waals surface area (Å²) in [7, 11) is 0. The fourth-order valence-electron chi connectivity index (χ4n) is 9.90. The van der Waals surface area contributed by atoms with Crippen molar-refractivity contribution in [1.29, 1.82) is 0 Å². The highest BCUT2D eigenvalue weighted by Gasteiger charge is 2.52. The maximum absolute atomic E-state index is 2.57. The van der Waals surface area contributed by atoms with Gasteiger partial charge in [0.2, 0.25) is 0 Å². The summed E-state index contributed by atoms with van der Waals surface area (Å²) in [6.07, 6.45) is 0. The van der Waals surface area contributed by atoms with E-state index in [0.717, 1.165) is 5.69 Å². The highest BCUT2D eigenvalue weighted by atomic mass is 32.1. The summed E-state index contributed by atoms with van der Waals surface area (Å²) in [6, 6.07) is 74.4. The molecule has 0 aliphatic heterocycles. The van der Waals surface area contributed by atoms with E-state index in [0.29, 0.717) is 0 Å². The average molecular weight is 716 g/mol. The summed E-state index contributed by atoms with van der Waals surface area (Å²) in [5.41, 5.74) is 16.1. The van der Waals surface area contributed by atoms with Gasteiger partial charge >= 0.3 is 0 Å². The van der Waals surface area contributed by atoms with Gasteiger partial charge in [-0.3, -0.25) is 0 Å². The van der Waals surface area contributed by atoms with E-state index in [1.54, 1.807) is 0 Å². The van der Waals surface area contributed by atoms with Gasteiger partial charge in [0.25, 0.3) is 0 Å². The third-order valence-corrected chi connectivity index (χ3v) is 13.2. The molecule has 0 unspecified atom stereocenters. The lowest BCUT2D eigenvalue weighted by Crippen LogP contribution is -2.26. The Kier molecular flexibility index (Phi) is 6.49. The number of thiophene rings is 1. The molecule has 0 atom stereocenters. The highest BCUT2D eigenvalue weighted by molar-refractivity contribution is 7.26. The summed E-state index contributed by atoms with van der Waals surface area (Å²) in [5.74, 6) is 0. The standard InChI is InChI=1S/C53H33NS/c1-2-16-34(17-3-1)35-19-14-20-37(32-35)54(48-33-36-18-4-5-21-38(36)50-42-25-9-13-31-49(42)55-52(48)50)47-30-15-29-46-51(47)41-24-8-12-28-45(41)53(46)43-26-10-6-22-39(43)40-23-7-11-27-44(40)53/h1-33H. The van der Waals surface area contributed by atoms with Crippen LogP contribution in [0.4, 0.5) is 17.1 Å². The maximum Gasteiger partial charge on any atom is 0.0726 e. The molecule has 10 aromatic rings. The first kappa shape index (κ1) is 30.7. The van der Waals surface area contributed by atoms with Gasteiger partial charge in [0.05, 0.1) is 21.5 Å². The Morgan fingerprint density at radius 1 is 0.400 bits per heavy atom. The van der Waals surface area contributed by atoms with Crippen molar-refractivity contribution in [2.45, 2.75) is 5.41 Å². The second kappa shape index (κ2) is 11.6. The Hall–Kier alpha value is -6.74. The minimum absolute atomic E-state index is 0.428. The lowest BCUT2D eigenvalue weighted by Gasteiger charge is -2.32. The largest absolute Gasteiger partial charge is 0.308 e. The van der Waals surface area contributed by atoms with Gasteiger partial charge in [-0.25, -0.2) is 0 Å². The topological polar surface area (TPSA) is 3.24 Å². The normalized spacial score (nSPS) is 13.2. The molecule has 12 rings (SSSR count). The van der Waals surface area contributed by atoms with Gasteiger partial charge in [-0.15, -0.1) is 11.3 Å². The molecular formula is C53H33NS. The van der Waals surface area contributed by atoms with E-state index in [9.17, 15) is 0 Å². The molecule has 2 heteroatoms. The van der Waals surface area contributed by atoms with Crippen LogP contribution in [0.5, 0.6) is 0 Å². The Bertz CT molecular complexity index is 3120. The maximum atomic E-state index is 2.57. The zero-order valence-corrected chi connectivity index (χ0v) is 30.7. The van der Waals surface area contributed by atoms with Crippen LogP contribution in [-0.2, 0) is 5.41 Å². The van der Waals surface area contributed by atoms with Crippen molar-refractivity contribution < 1.29 is 0 Å². The second-order valence-electron chi connectivity index (χ2n) is 14.8. The van der Waals surface area contributed by atoms with Gasteiger partial charge in [-0.1, -0.05) is 170 Å². The second-order valence-corrected chi connectivity index (χ2v) is 15.8. The minimum atomic E-state index is -0.428. The monoisotopic (exact) mass is 715 g/mol. The third kappa shape index (κ3) is 4.18. The fourth-order valence-corrected chi connectivity index (χ4v) is 11.1. The van der Waals surface area contributed by atoms with Crippen molar-refractivity contribution in [2.75, 3.05) is 4.90 Å². The number of hydrogen-bond donors (Lipinski definition) is 0. The summed E-state index contributed by atoms with van der Waals surface area (Å²) < 4.78 is 2.59. The fraction of sp³-hybridized carbons (Fsp3) is 0.0189. The van der Waals surface area contributed by atoms with Crippen LogP contribution >= 0.6 is 11.3 Å². The van der Waals surface area contributed by atoms with E-state index in [1.165, 1.54) is 98.0 Å². The van der Waals surface area contributed by atoms with Crippen LogP contribution < -0.4 is 4.90 Å². The van der Waals surface area contributed by atoms with Crippen molar-refractivity contribution in [3.8, 4) is 33.4 Å². The van der Waals surface area contributed by atoms with E-state index in [1.807, 2.05) is 11.3 Å². The molecule has 55 heavy (non-hydrogen) atoms. The molecule has 9 aromatic carbocycles. The number of benzene rings is 9. The van der Waals surface area contributed by atoms with E-state index >= 15 is 0 Å². The van der Waals surface area contributed by atoms with E-state index in [-0.39, 0.29) is 0 Å². The summed E-state index contributed by atoms with van der Waals surface area (Å²) >= 11 is 1.90. The van der Waals surface area contributed by atoms with Crippen LogP contribution in [0.1, 0.15) is 22.3 Å². The number of rotatable bonds is 4. The van der Waals surface area contributed by atoms with E-state index < -0.39 is 5.41 Å². The first-order valence-electron chi connectivity index (χ1n) is 19.0. The van der Waals surface area contributed by atoms with Crippen molar-refractivity contribution in [2.24, 2.45) is 0 Å². The molecular weight excluding hydrogens is 683 g/mol. The minimum Gasteiger partial charge on any atom is -0.308 e. The lowest BCUT2D eigenvalue weighted by atomic mass is 9.70. The van der Waals surface area contributed by atoms with Gasteiger partial charge in [0.1, 0.15) is 0 Å². The predicted molar refractivity (Wildman–Crippen MR) is 233 cm³/mol. The van der Waals surface area contributed by atoms with Gasteiger partial charge in [-0.2, -0.15) is 0 Å². The number of hydrogen-bond acceptors (Lipinski definition) is 2. The van der Waals surface area contributed by atoms with Crippen molar-refractivity contribution in [3.05, 3.63) is 222 Å². The smallest absolute Gasteiger partial charge is 0.0726 e. The summed E-state index contributed by atoms with van der Waals surface area (Å²) in [4.78, 5) is 2.57. The van der Waals surface area contributed by atoms with Gasteiger partial charge in [0, 0.05) is 26.7 Å².